The normalized spacial score (nSPS) is 13.0. The average Bonchev–Trinajstić information content (AvgIpc) is 2.16. The van der Waals surface area contributed by atoms with E-state index >= 15 is 0 Å². The lowest BCUT2D eigenvalue weighted by Crippen LogP contribution is -2.16. The summed E-state index contributed by atoms with van der Waals surface area (Å²) in [6.07, 6.45) is 0. The minimum Gasteiger partial charge on any atom is -0.494 e. The van der Waals surface area contributed by atoms with Crippen molar-refractivity contribution in [1.29, 1.82) is 0 Å². The molecule has 78 valence electrons. The summed E-state index contributed by atoms with van der Waals surface area (Å²) < 4.78 is 18.1. The lowest BCUT2D eigenvalue weighted by Gasteiger charge is -2.16. The summed E-state index contributed by atoms with van der Waals surface area (Å²) in [5.74, 6) is 0.189. The second kappa shape index (κ2) is 4.42. The molecule has 1 aromatic carbocycles. The van der Waals surface area contributed by atoms with Crippen LogP contribution in [0.1, 0.15) is 25.5 Å². The molecule has 1 aromatic rings. The highest BCUT2D eigenvalue weighted by Gasteiger charge is 2.12. The number of halogens is 1. The van der Waals surface area contributed by atoms with Gasteiger partial charge < -0.3 is 10.5 Å². The Balaban J connectivity index is 2.96. The molecule has 3 heteroatoms. The van der Waals surface area contributed by atoms with E-state index in [0.29, 0.717) is 5.92 Å². The van der Waals surface area contributed by atoms with Gasteiger partial charge in [-0.1, -0.05) is 19.9 Å². The molecule has 0 saturated carbocycles. The molecule has 0 aromatic heterocycles. The summed E-state index contributed by atoms with van der Waals surface area (Å²) >= 11 is 0. The Bertz CT molecular complexity index is 312. The lowest BCUT2D eigenvalue weighted by molar-refractivity contribution is 0.385. The molecule has 0 unspecified atom stereocenters. The zero-order valence-corrected chi connectivity index (χ0v) is 8.75. The first kappa shape index (κ1) is 11.0. The number of hydrogen-bond acceptors (Lipinski definition) is 2. The van der Waals surface area contributed by atoms with Crippen LogP contribution in [-0.4, -0.2) is 7.11 Å². The van der Waals surface area contributed by atoms with Crippen molar-refractivity contribution in [2.45, 2.75) is 19.9 Å². The Morgan fingerprint density at radius 3 is 2.43 bits per heavy atom. The van der Waals surface area contributed by atoms with Crippen molar-refractivity contribution in [3.63, 3.8) is 0 Å². The summed E-state index contributed by atoms with van der Waals surface area (Å²) in [5.41, 5.74) is 6.69. The minimum absolute atomic E-state index is 0.129. The topological polar surface area (TPSA) is 35.2 Å². The van der Waals surface area contributed by atoms with E-state index in [1.807, 2.05) is 13.8 Å². The largest absolute Gasteiger partial charge is 0.494 e. The Labute approximate surface area is 83.9 Å². The molecule has 0 bridgehead atoms. The van der Waals surface area contributed by atoms with Gasteiger partial charge >= 0.3 is 0 Å². The molecule has 0 saturated heterocycles. The van der Waals surface area contributed by atoms with Gasteiger partial charge in [-0.05, 0) is 23.6 Å². The zero-order chi connectivity index (χ0) is 10.7. The summed E-state index contributed by atoms with van der Waals surface area (Å²) in [6.45, 7) is 4.01. The molecule has 2 nitrogen and oxygen atoms in total. The second-order valence-corrected chi connectivity index (χ2v) is 3.66. The van der Waals surface area contributed by atoms with Gasteiger partial charge in [-0.25, -0.2) is 4.39 Å². The molecule has 0 aliphatic rings. The van der Waals surface area contributed by atoms with Crippen molar-refractivity contribution in [2.75, 3.05) is 7.11 Å². The van der Waals surface area contributed by atoms with Gasteiger partial charge in [-0.2, -0.15) is 0 Å². The van der Waals surface area contributed by atoms with Crippen LogP contribution in [-0.2, 0) is 0 Å². The van der Waals surface area contributed by atoms with E-state index in [1.54, 1.807) is 12.1 Å². The Kier molecular flexibility index (Phi) is 3.47. The summed E-state index contributed by atoms with van der Waals surface area (Å²) in [4.78, 5) is 0. The van der Waals surface area contributed by atoms with Gasteiger partial charge in [0.1, 0.15) is 0 Å². The molecule has 0 aliphatic heterocycles. The number of nitrogens with two attached hydrogens (primary N) is 1. The first-order chi connectivity index (χ1) is 6.56. The van der Waals surface area contributed by atoms with Crippen LogP contribution >= 0.6 is 0 Å². The maximum absolute atomic E-state index is 13.3. The monoisotopic (exact) mass is 197 g/mol. The third-order valence-electron chi connectivity index (χ3n) is 2.28. The molecule has 14 heavy (non-hydrogen) atoms. The maximum Gasteiger partial charge on any atom is 0.165 e. The van der Waals surface area contributed by atoms with Crippen molar-refractivity contribution >= 4 is 0 Å². The van der Waals surface area contributed by atoms with E-state index in [2.05, 4.69) is 0 Å². The van der Waals surface area contributed by atoms with Crippen LogP contribution in [0.25, 0.3) is 0 Å². The van der Waals surface area contributed by atoms with Crippen LogP contribution in [0.3, 0.4) is 0 Å². The van der Waals surface area contributed by atoms with Crippen molar-refractivity contribution in [2.24, 2.45) is 11.7 Å². The van der Waals surface area contributed by atoms with Gasteiger partial charge in [-0.3, -0.25) is 0 Å². The molecule has 1 rings (SSSR count). The Morgan fingerprint density at radius 1 is 1.36 bits per heavy atom. The average molecular weight is 197 g/mol. The van der Waals surface area contributed by atoms with Crippen LogP contribution < -0.4 is 10.5 Å². The van der Waals surface area contributed by atoms with E-state index in [-0.39, 0.29) is 17.6 Å². The van der Waals surface area contributed by atoms with Gasteiger partial charge in [0.15, 0.2) is 11.6 Å². The summed E-state index contributed by atoms with van der Waals surface area (Å²) in [7, 11) is 1.44. The molecular formula is C11H16FNO. The number of hydrogen-bond donors (Lipinski definition) is 1. The predicted molar refractivity (Wildman–Crippen MR) is 54.7 cm³/mol. The molecule has 0 radical (unpaired) electrons. The summed E-state index contributed by atoms with van der Waals surface area (Å²) in [5, 5.41) is 0. The van der Waals surface area contributed by atoms with E-state index in [4.69, 9.17) is 10.5 Å². The quantitative estimate of drug-likeness (QED) is 0.808. The third kappa shape index (κ3) is 2.23. The van der Waals surface area contributed by atoms with Gasteiger partial charge in [0, 0.05) is 6.04 Å². The summed E-state index contributed by atoms with van der Waals surface area (Å²) in [6, 6.07) is 4.71. The highest BCUT2D eigenvalue weighted by atomic mass is 19.1. The fourth-order valence-electron chi connectivity index (χ4n) is 1.27. The molecule has 0 aliphatic carbocycles. The fraction of sp³-hybridized carbons (Fsp3) is 0.455. The van der Waals surface area contributed by atoms with Gasteiger partial charge in [0.2, 0.25) is 0 Å². The lowest BCUT2D eigenvalue weighted by atomic mass is 9.97. The van der Waals surface area contributed by atoms with Gasteiger partial charge in [0.25, 0.3) is 0 Å². The fourth-order valence-corrected chi connectivity index (χ4v) is 1.27. The maximum atomic E-state index is 13.3. The molecule has 0 heterocycles. The minimum atomic E-state index is -0.360. The van der Waals surface area contributed by atoms with Crippen molar-refractivity contribution in [1.82, 2.24) is 0 Å². The van der Waals surface area contributed by atoms with Crippen molar-refractivity contribution in [3.8, 4) is 5.75 Å². The van der Waals surface area contributed by atoms with Crippen molar-refractivity contribution in [3.05, 3.63) is 29.6 Å². The van der Waals surface area contributed by atoms with Crippen LogP contribution in [0.5, 0.6) is 5.75 Å². The van der Waals surface area contributed by atoms with Crippen LogP contribution in [0.4, 0.5) is 4.39 Å². The molecular weight excluding hydrogens is 181 g/mol. The molecule has 0 spiro atoms. The van der Waals surface area contributed by atoms with Crippen molar-refractivity contribution < 1.29 is 9.13 Å². The number of rotatable bonds is 3. The molecule has 1 atom stereocenters. The first-order valence-electron chi connectivity index (χ1n) is 4.65. The van der Waals surface area contributed by atoms with Gasteiger partial charge in [0.05, 0.1) is 7.11 Å². The van der Waals surface area contributed by atoms with Crippen LogP contribution in [0.15, 0.2) is 18.2 Å². The Morgan fingerprint density at radius 2 is 2.00 bits per heavy atom. The van der Waals surface area contributed by atoms with Crippen LogP contribution in [0.2, 0.25) is 0 Å². The standard InChI is InChI=1S/C11H16FNO/c1-7(2)11(13)8-4-5-10(14-3)9(12)6-8/h4-7,11H,13H2,1-3H3/t11-/m1/s1. The molecule has 0 amide bonds. The smallest absolute Gasteiger partial charge is 0.165 e. The van der Waals surface area contributed by atoms with E-state index in [0.717, 1.165) is 5.56 Å². The molecule has 0 fully saturated rings. The van der Waals surface area contributed by atoms with Crippen LogP contribution in [0, 0.1) is 11.7 Å². The molecule has 2 N–H and O–H groups in total. The SMILES string of the molecule is COc1ccc([C@H](N)C(C)C)cc1F. The van der Waals surface area contributed by atoms with E-state index in [9.17, 15) is 4.39 Å². The van der Waals surface area contributed by atoms with E-state index in [1.165, 1.54) is 13.2 Å². The third-order valence-corrected chi connectivity index (χ3v) is 2.28. The Hall–Kier alpha value is -1.09. The second-order valence-electron chi connectivity index (χ2n) is 3.66. The number of benzene rings is 1. The number of ether oxygens (including phenoxy) is 1. The highest BCUT2D eigenvalue weighted by Crippen LogP contribution is 2.24. The highest BCUT2D eigenvalue weighted by molar-refractivity contribution is 5.31. The zero-order valence-electron chi connectivity index (χ0n) is 8.75. The first-order valence-corrected chi connectivity index (χ1v) is 4.65. The van der Waals surface area contributed by atoms with Gasteiger partial charge in [-0.15, -0.1) is 0 Å². The number of methoxy groups -OCH3 is 1. The van der Waals surface area contributed by atoms with E-state index < -0.39 is 0 Å². The predicted octanol–water partition coefficient (Wildman–Crippen LogP) is 2.49.